The summed E-state index contributed by atoms with van der Waals surface area (Å²) in [7, 11) is 0. The van der Waals surface area contributed by atoms with Crippen molar-refractivity contribution in [3.63, 3.8) is 0 Å². The molecule has 0 amide bonds. The summed E-state index contributed by atoms with van der Waals surface area (Å²) in [6, 6.07) is 2.01. The second-order valence-electron chi connectivity index (χ2n) is 5.10. The number of hydrogen-bond donors (Lipinski definition) is 0. The van der Waals surface area contributed by atoms with Crippen LogP contribution in [0, 0.1) is 17.6 Å². The molecule has 0 atom stereocenters. The van der Waals surface area contributed by atoms with Crippen LogP contribution in [-0.2, 0) is 0 Å². The Kier molecular flexibility index (Phi) is 4.51. The maximum Gasteiger partial charge on any atom is 0.191 e. The number of hydrogen-bond acceptors (Lipinski definition) is 2. The van der Waals surface area contributed by atoms with Gasteiger partial charge in [-0.3, -0.25) is 4.79 Å². The molecule has 0 bridgehead atoms. The fourth-order valence-corrected chi connectivity index (χ4v) is 2.58. The molecule has 1 aliphatic rings. The lowest BCUT2D eigenvalue weighted by Gasteiger charge is -2.28. The molecular formula is C15H18F2O2. The smallest absolute Gasteiger partial charge is 0.191 e. The Balaban J connectivity index is 2.05. The zero-order valence-corrected chi connectivity index (χ0v) is 11.0. The van der Waals surface area contributed by atoms with Crippen molar-refractivity contribution in [2.75, 3.05) is 0 Å². The number of rotatable bonds is 4. The molecule has 0 spiro atoms. The number of benzene rings is 1. The first-order valence-corrected chi connectivity index (χ1v) is 6.75. The van der Waals surface area contributed by atoms with E-state index in [9.17, 15) is 13.6 Å². The van der Waals surface area contributed by atoms with Crippen LogP contribution in [0.3, 0.4) is 0 Å². The van der Waals surface area contributed by atoms with Gasteiger partial charge in [0.15, 0.2) is 17.4 Å². The highest BCUT2D eigenvalue weighted by atomic mass is 19.1. The Morgan fingerprint density at radius 2 is 1.79 bits per heavy atom. The van der Waals surface area contributed by atoms with Crippen LogP contribution in [-0.4, -0.2) is 12.4 Å². The second-order valence-corrected chi connectivity index (χ2v) is 5.10. The van der Waals surface area contributed by atoms with Gasteiger partial charge in [0, 0.05) is 5.56 Å². The van der Waals surface area contributed by atoms with Crippen molar-refractivity contribution in [3.8, 4) is 5.75 Å². The molecule has 0 aliphatic heterocycles. The third-order valence-corrected chi connectivity index (χ3v) is 3.81. The van der Waals surface area contributed by atoms with E-state index in [-0.39, 0.29) is 17.4 Å². The van der Waals surface area contributed by atoms with Gasteiger partial charge in [0.2, 0.25) is 0 Å². The average molecular weight is 268 g/mol. The molecule has 4 heteroatoms. The molecule has 104 valence electrons. The van der Waals surface area contributed by atoms with Gasteiger partial charge in [-0.15, -0.1) is 0 Å². The van der Waals surface area contributed by atoms with Crippen molar-refractivity contribution in [1.82, 2.24) is 0 Å². The number of ether oxygens (including phenoxy) is 1. The Bertz CT molecular complexity index is 428. The van der Waals surface area contributed by atoms with E-state index in [1.165, 1.54) is 0 Å². The normalized spacial score (nSPS) is 23.1. The van der Waals surface area contributed by atoms with Crippen molar-refractivity contribution < 1.29 is 18.3 Å². The number of aldehydes is 1. The summed E-state index contributed by atoms with van der Waals surface area (Å²) in [6.07, 6.45) is 5.16. The van der Waals surface area contributed by atoms with Gasteiger partial charge in [0.05, 0.1) is 6.10 Å². The lowest BCUT2D eigenvalue weighted by molar-refractivity contribution is 0.111. The second kappa shape index (κ2) is 6.13. The number of carbonyl (C=O) groups excluding carboxylic acids is 1. The van der Waals surface area contributed by atoms with E-state index in [1.807, 2.05) is 0 Å². The highest BCUT2D eigenvalue weighted by molar-refractivity contribution is 5.75. The zero-order chi connectivity index (χ0) is 13.8. The van der Waals surface area contributed by atoms with Gasteiger partial charge in [-0.25, -0.2) is 8.78 Å². The summed E-state index contributed by atoms with van der Waals surface area (Å²) in [4.78, 5) is 10.5. The van der Waals surface area contributed by atoms with Crippen LogP contribution in [0.25, 0.3) is 0 Å². The van der Waals surface area contributed by atoms with E-state index in [2.05, 4.69) is 6.92 Å². The van der Waals surface area contributed by atoms with Crippen LogP contribution >= 0.6 is 0 Å². The molecule has 0 saturated heterocycles. The van der Waals surface area contributed by atoms with Crippen molar-refractivity contribution >= 4 is 6.29 Å². The van der Waals surface area contributed by atoms with Crippen LogP contribution in [0.5, 0.6) is 5.75 Å². The van der Waals surface area contributed by atoms with Crippen LogP contribution in [0.1, 0.15) is 49.4 Å². The van der Waals surface area contributed by atoms with Gasteiger partial charge in [-0.05, 0) is 43.7 Å². The first-order chi connectivity index (χ1) is 9.13. The summed E-state index contributed by atoms with van der Waals surface area (Å²) < 4.78 is 32.8. The lowest BCUT2D eigenvalue weighted by atomic mass is 9.86. The molecule has 19 heavy (non-hydrogen) atoms. The van der Waals surface area contributed by atoms with Gasteiger partial charge in [0.25, 0.3) is 0 Å². The van der Waals surface area contributed by atoms with Crippen LogP contribution in [0.4, 0.5) is 8.78 Å². The highest BCUT2D eigenvalue weighted by Gasteiger charge is 2.23. The number of halogens is 2. The fraction of sp³-hybridized carbons (Fsp3) is 0.533. The lowest BCUT2D eigenvalue weighted by Crippen LogP contribution is -2.24. The molecule has 0 aromatic heterocycles. The quantitative estimate of drug-likeness (QED) is 0.768. The summed E-state index contributed by atoms with van der Waals surface area (Å²) in [5.74, 6) is -1.27. The summed E-state index contributed by atoms with van der Waals surface area (Å²) in [6.45, 7) is 2.16. The highest BCUT2D eigenvalue weighted by Crippen LogP contribution is 2.31. The van der Waals surface area contributed by atoms with Gasteiger partial charge >= 0.3 is 0 Å². The molecule has 2 rings (SSSR count). The Morgan fingerprint density at radius 1 is 1.21 bits per heavy atom. The van der Waals surface area contributed by atoms with E-state index in [4.69, 9.17) is 4.74 Å². The van der Waals surface area contributed by atoms with E-state index in [0.29, 0.717) is 12.2 Å². The minimum Gasteiger partial charge on any atom is -0.484 e. The standard InChI is InChI=1S/C15H18F2O2/c1-2-10-3-5-12(6-4-10)19-15-13(16)7-11(9-18)8-14(15)17/h7-10,12H,2-6H2,1H3. The molecule has 0 heterocycles. The molecule has 1 aliphatic carbocycles. The van der Waals surface area contributed by atoms with Crippen molar-refractivity contribution in [3.05, 3.63) is 29.3 Å². The zero-order valence-electron chi connectivity index (χ0n) is 11.0. The number of carbonyl (C=O) groups is 1. The predicted molar refractivity (Wildman–Crippen MR) is 68.4 cm³/mol. The van der Waals surface area contributed by atoms with Gasteiger partial charge in [-0.1, -0.05) is 13.3 Å². The summed E-state index contributed by atoms with van der Waals surface area (Å²) in [5, 5.41) is 0. The fourth-order valence-electron chi connectivity index (χ4n) is 2.58. The molecule has 1 aromatic carbocycles. The van der Waals surface area contributed by atoms with Crippen molar-refractivity contribution in [1.29, 1.82) is 0 Å². The third kappa shape index (κ3) is 3.31. The predicted octanol–water partition coefficient (Wildman–Crippen LogP) is 4.12. The van der Waals surface area contributed by atoms with E-state index < -0.39 is 11.6 Å². The Hall–Kier alpha value is -1.45. The van der Waals surface area contributed by atoms with Crippen LogP contribution in [0.15, 0.2) is 12.1 Å². The summed E-state index contributed by atoms with van der Waals surface area (Å²) in [5.41, 5.74) is -0.0166. The first-order valence-electron chi connectivity index (χ1n) is 6.75. The SMILES string of the molecule is CCC1CCC(Oc2c(F)cc(C=O)cc2F)CC1. The third-order valence-electron chi connectivity index (χ3n) is 3.81. The monoisotopic (exact) mass is 268 g/mol. The van der Waals surface area contributed by atoms with Gasteiger partial charge < -0.3 is 4.74 Å². The molecular weight excluding hydrogens is 250 g/mol. The topological polar surface area (TPSA) is 26.3 Å². The Morgan fingerprint density at radius 3 is 2.26 bits per heavy atom. The summed E-state index contributed by atoms with van der Waals surface area (Å²) >= 11 is 0. The van der Waals surface area contributed by atoms with E-state index >= 15 is 0 Å². The molecule has 0 unspecified atom stereocenters. The maximum atomic E-state index is 13.7. The maximum absolute atomic E-state index is 13.7. The molecule has 0 N–H and O–H groups in total. The van der Waals surface area contributed by atoms with Gasteiger partial charge in [0.1, 0.15) is 6.29 Å². The van der Waals surface area contributed by atoms with Crippen LogP contribution in [0.2, 0.25) is 0 Å². The molecule has 1 aromatic rings. The van der Waals surface area contributed by atoms with Crippen molar-refractivity contribution in [2.24, 2.45) is 5.92 Å². The molecule has 0 radical (unpaired) electrons. The minimum absolute atomic E-state index is 0.0166. The Labute approximate surface area is 111 Å². The largest absolute Gasteiger partial charge is 0.484 e. The minimum atomic E-state index is -0.806. The average Bonchev–Trinajstić information content (AvgIpc) is 2.43. The van der Waals surface area contributed by atoms with Gasteiger partial charge in [-0.2, -0.15) is 0 Å². The van der Waals surface area contributed by atoms with E-state index in [0.717, 1.165) is 44.2 Å². The van der Waals surface area contributed by atoms with Crippen molar-refractivity contribution in [2.45, 2.75) is 45.1 Å². The first kappa shape index (κ1) is 14.0. The molecule has 2 nitrogen and oxygen atoms in total. The van der Waals surface area contributed by atoms with Crippen LogP contribution < -0.4 is 4.74 Å². The molecule has 1 fully saturated rings. The molecule has 1 saturated carbocycles. The van der Waals surface area contributed by atoms with E-state index in [1.54, 1.807) is 0 Å².